The number of para-hydroxylation sites is 1. The number of hydrogen-bond acceptors (Lipinski definition) is 2. The number of rotatable bonds is 4. The Labute approximate surface area is 180 Å². The molecule has 0 heterocycles. The van der Waals surface area contributed by atoms with Crippen LogP contribution in [0.3, 0.4) is 0 Å². The van der Waals surface area contributed by atoms with Crippen molar-refractivity contribution in [3.8, 4) is 0 Å². The molecule has 29 heavy (non-hydrogen) atoms. The Kier molecular flexibility index (Phi) is 8.16. The molecule has 0 atom stereocenters. The van der Waals surface area contributed by atoms with E-state index in [4.69, 9.17) is 5.73 Å². The van der Waals surface area contributed by atoms with Gasteiger partial charge in [-0.2, -0.15) is 12.1 Å². The van der Waals surface area contributed by atoms with Crippen LogP contribution < -0.4 is 10.6 Å². The van der Waals surface area contributed by atoms with E-state index in [0.29, 0.717) is 22.5 Å². The summed E-state index contributed by atoms with van der Waals surface area (Å²) in [6.07, 6.45) is 0. The molecular weight excluding hydrogens is 404 g/mol. The maximum atomic E-state index is 13.0. The van der Waals surface area contributed by atoms with Crippen LogP contribution in [0.2, 0.25) is 0 Å². The zero-order valence-corrected chi connectivity index (χ0v) is 16.7. The average Bonchev–Trinajstić information content (AvgIpc) is 3.46. The standard InChI is InChI=1S/C19H15N2O2.C5H5.Fe/c20-18(22)16-12-6-7-13-17(16)21(15-10-4-5-11-15)19(23)14-8-2-1-3-9-14;1-2-4-5-3-1;/h1-13H,(H2,20,22);1-5H;/q-1;-5;. The molecule has 4 nitrogen and oxygen atoms in total. The van der Waals surface area contributed by atoms with Gasteiger partial charge in [-0.25, -0.2) is 0 Å². The van der Waals surface area contributed by atoms with Gasteiger partial charge in [-0.3, -0.25) is 4.79 Å². The third-order valence-electron chi connectivity index (χ3n) is 4.09. The molecule has 0 saturated carbocycles. The second kappa shape index (κ2) is 10.8. The van der Waals surface area contributed by atoms with Crippen LogP contribution in [0.4, 0.5) is 11.4 Å². The topological polar surface area (TPSA) is 63.4 Å². The fourth-order valence-corrected chi connectivity index (χ4v) is 2.79. The third kappa shape index (κ3) is 5.55. The second-order valence-corrected chi connectivity index (χ2v) is 5.99. The minimum Gasteiger partial charge on any atom is -0.748 e. The number of hydrogen-bond donors (Lipinski definition) is 1. The molecule has 0 aromatic heterocycles. The van der Waals surface area contributed by atoms with E-state index in [-0.39, 0.29) is 23.0 Å². The van der Waals surface area contributed by atoms with Crippen molar-refractivity contribution in [2.75, 3.05) is 4.90 Å². The van der Waals surface area contributed by atoms with E-state index in [1.807, 2.05) is 60.7 Å². The quantitative estimate of drug-likeness (QED) is 0.375. The first-order valence-electron chi connectivity index (χ1n) is 8.85. The monoisotopic (exact) mass is 424 g/mol. The van der Waals surface area contributed by atoms with Gasteiger partial charge in [0.1, 0.15) is 0 Å². The number of nitrogens with two attached hydrogens (primary N) is 1. The number of carbonyl (C=O) groups is 2. The molecule has 0 radical (unpaired) electrons. The van der Waals surface area contributed by atoms with Crippen LogP contribution in [0.15, 0.2) is 109 Å². The molecule has 0 spiro atoms. The molecule has 2 N–H and O–H groups in total. The Morgan fingerprint density at radius 3 is 1.83 bits per heavy atom. The van der Waals surface area contributed by atoms with Crippen molar-refractivity contribution in [1.29, 1.82) is 0 Å². The summed E-state index contributed by atoms with van der Waals surface area (Å²) in [6.45, 7) is 0. The van der Waals surface area contributed by atoms with Gasteiger partial charge in [0, 0.05) is 28.2 Å². The minimum atomic E-state index is -0.571. The van der Waals surface area contributed by atoms with Gasteiger partial charge >= 0.3 is 0 Å². The molecular formula is C24H20FeN2O2-6. The Morgan fingerprint density at radius 2 is 1.28 bits per heavy atom. The van der Waals surface area contributed by atoms with Crippen molar-refractivity contribution in [1.82, 2.24) is 0 Å². The fourth-order valence-electron chi connectivity index (χ4n) is 2.79. The number of nitrogens with zero attached hydrogens (tertiary/aromatic N) is 1. The molecule has 0 unspecified atom stereocenters. The van der Waals surface area contributed by atoms with Crippen molar-refractivity contribution < 1.29 is 26.7 Å². The molecule has 5 heteroatoms. The van der Waals surface area contributed by atoms with Crippen LogP contribution in [0, 0.1) is 0 Å². The minimum absolute atomic E-state index is 0. The summed E-state index contributed by atoms with van der Waals surface area (Å²) in [5.74, 6) is -0.788. The Hall–Kier alpha value is -3.40. The molecule has 0 fully saturated rings. The number of benzene rings is 2. The van der Waals surface area contributed by atoms with Crippen LogP contribution in [-0.2, 0) is 17.1 Å². The Balaban J connectivity index is 0.000000437. The zero-order chi connectivity index (χ0) is 19.8. The zero-order valence-electron chi connectivity index (χ0n) is 15.6. The number of amides is 2. The molecule has 0 saturated heterocycles. The molecule has 4 aromatic carbocycles. The van der Waals surface area contributed by atoms with E-state index in [2.05, 4.69) is 0 Å². The predicted molar refractivity (Wildman–Crippen MR) is 112 cm³/mol. The normalized spacial score (nSPS) is 9.52. The van der Waals surface area contributed by atoms with Gasteiger partial charge < -0.3 is 45.8 Å². The van der Waals surface area contributed by atoms with E-state index in [0.717, 1.165) is 0 Å². The molecule has 2 amide bonds. The number of carbonyl (C=O) groups excluding carboxylic acids is 2. The van der Waals surface area contributed by atoms with Crippen LogP contribution >= 0.6 is 0 Å². The maximum absolute atomic E-state index is 13.0. The first-order valence-corrected chi connectivity index (χ1v) is 8.85. The van der Waals surface area contributed by atoms with Crippen molar-refractivity contribution in [3.63, 3.8) is 0 Å². The van der Waals surface area contributed by atoms with Gasteiger partial charge in [0.05, 0.1) is 0 Å². The SMILES string of the molecule is NC(=O)c1ccccc1N(C(=O)c1ccccc1)[c-]1cccc1.[Fe].[cH-]1[cH-][cH-][cH-][cH-]1. The molecule has 0 aliphatic carbocycles. The summed E-state index contributed by atoms with van der Waals surface area (Å²) in [6, 6.07) is 33.1. The largest absolute Gasteiger partial charge is 0.748 e. The van der Waals surface area contributed by atoms with E-state index < -0.39 is 5.91 Å². The summed E-state index contributed by atoms with van der Waals surface area (Å²) < 4.78 is 0. The van der Waals surface area contributed by atoms with Gasteiger partial charge in [-0.1, -0.05) is 54.6 Å². The molecule has 0 bridgehead atoms. The fraction of sp³-hybridized carbons (Fsp3) is 0. The first-order chi connectivity index (χ1) is 13.7. The third-order valence-corrected chi connectivity index (χ3v) is 4.09. The van der Waals surface area contributed by atoms with Crippen LogP contribution in [0.25, 0.3) is 0 Å². The van der Waals surface area contributed by atoms with Crippen molar-refractivity contribution >= 4 is 23.2 Å². The predicted octanol–water partition coefficient (Wildman–Crippen LogP) is 4.89. The first kappa shape index (κ1) is 21.9. The number of primary amides is 1. The van der Waals surface area contributed by atoms with Crippen molar-refractivity contribution in [3.05, 3.63) is 120 Å². The number of anilines is 2. The van der Waals surface area contributed by atoms with E-state index in [9.17, 15) is 9.59 Å². The van der Waals surface area contributed by atoms with Gasteiger partial charge in [0.25, 0.3) is 0 Å². The summed E-state index contributed by atoms with van der Waals surface area (Å²) >= 11 is 0. The van der Waals surface area contributed by atoms with Crippen LogP contribution in [-0.4, -0.2) is 11.8 Å². The summed E-state index contributed by atoms with van der Waals surface area (Å²) in [4.78, 5) is 26.2. The average molecular weight is 424 g/mol. The summed E-state index contributed by atoms with van der Waals surface area (Å²) in [5.41, 5.74) is 7.47. The van der Waals surface area contributed by atoms with E-state index >= 15 is 0 Å². The summed E-state index contributed by atoms with van der Waals surface area (Å²) in [5, 5.41) is 0. The van der Waals surface area contributed by atoms with E-state index in [1.165, 1.54) is 4.90 Å². The second-order valence-electron chi connectivity index (χ2n) is 5.99. The Morgan fingerprint density at radius 1 is 0.759 bits per heavy atom. The molecule has 0 aliphatic rings. The maximum Gasteiger partial charge on any atom is 0.243 e. The molecule has 4 rings (SSSR count). The molecule has 0 aliphatic heterocycles. The van der Waals surface area contributed by atoms with Gasteiger partial charge in [0.15, 0.2) is 5.91 Å². The van der Waals surface area contributed by atoms with Crippen molar-refractivity contribution in [2.24, 2.45) is 5.73 Å². The van der Waals surface area contributed by atoms with E-state index in [1.54, 1.807) is 48.5 Å². The molecule has 4 aromatic rings. The van der Waals surface area contributed by atoms with Crippen LogP contribution in [0.5, 0.6) is 0 Å². The van der Waals surface area contributed by atoms with Crippen LogP contribution in [0.1, 0.15) is 20.7 Å². The summed E-state index contributed by atoms with van der Waals surface area (Å²) in [7, 11) is 0. The van der Waals surface area contributed by atoms with Gasteiger partial charge in [-0.15, -0.1) is 12.1 Å². The molecule has 152 valence electrons. The smallest absolute Gasteiger partial charge is 0.243 e. The Bertz CT molecular complexity index is 993. The van der Waals surface area contributed by atoms with Gasteiger partial charge in [0.2, 0.25) is 5.91 Å². The van der Waals surface area contributed by atoms with Crippen molar-refractivity contribution in [2.45, 2.75) is 0 Å². The van der Waals surface area contributed by atoms with Gasteiger partial charge in [-0.05, 0) is 11.4 Å².